The molecule has 1 aliphatic heterocycles. The van der Waals surface area contributed by atoms with Gasteiger partial charge in [-0.2, -0.15) is 16.9 Å². The third kappa shape index (κ3) is 3.86. The van der Waals surface area contributed by atoms with Gasteiger partial charge in [0.25, 0.3) is 0 Å². The van der Waals surface area contributed by atoms with Gasteiger partial charge in [0.2, 0.25) is 5.91 Å². The van der Waals surface area contributed by atoms with Gasteiger partial charge in [0.15, 0.2) is 0 Å². The summed E-state index contributed by atoms with van der Waals surface area (Å²) in [5.74, 6) is 0.522. The van der Waals surface area contributed by atoms with E-state index in [1.165, 1.54) is 6.08 Å². The Morgan fingerprint density at radius 1 is 1.60 bits per heavy atom. The number of aryl methyl sites for hydroxylation is 1. The summed E-state index contributed by atoms with van der Waals surface area (Å²) in [6.07, 6.45) is 6.67. The molecule has 1 atom stereocenters. The van der Waals surface area contributed by atoms with Crippen molar-refractivity contribution in [3.63, 3.8) is 0 Å². The molecule has 0 spiro atoms. The number of hydrogen-bond donors (Lipinski definition) is 1. The summed E-state index contributed by atoms with van der Waals surface area (Å²) in [6.45, 7) is 0.596. The Bertz CT molecular complexity index is 527. The molecule has 2 rings (SSSR count). The first-order valence-corrected chi connectivity index (χ1v) is 7.48. The van der Waals surface area contributed by atoms with Crippen molar-refractivity contribution >= 4 is 29.7 Å². The van der Waals surface area contributed by atoms with Crippen molar-refractivity contribution in [1.82, 2.24) is 14.7 Å². The van der Waals surface area contributed by atoms with Crippen molar-refractivity contribution in [3.8, 4) is 0 Å². The highest BCUT2D eigenvalue weighted by Gasteiger charge is 2.27. The Kier molecular flexibility index (Phi) is 4.84. The van der Waals surface area contributed by atoms with Crippen molar-refractivity contribution in [3.05, 3.63) is 24.0 Å². The van der Waals surface area contributed by atoms with Crippen molar-refractivity contribution < 1.29 is 14.7 Å². The van der Waals surface area contributed by atoms with Crippen molar-refractivity contribution in [2.24, 2.45) is 7.05 Å². The van der Waals surface area contributed by atoms with Crippen molar-refractivity contribution in [1.29, 1.82) is 0 Å². The molecule has 1 N–H and O–H groups in total. The second-order valence-corrected chi connectivity index (χ2v) is 5.79. The van der Waals surface area contributed by atoms with Crippen LogP contribution in [0.1, 0.15) is 12.0 Å². The van der Waals surface area contributed by atoms with Gasteiger partial charge >= 0.3 is 5.97 Å². The monoisotopic (exact) mass is 295 g/mol. The zero-order valence-electron chi connectivity index (χ0n) is 11.2. The quantitative estimate of drug-likeness (QED) is 0.834. The van der Waals surface area contributed by atoms with Crippen LogP contribution in [-0.4, -0.2) is 55.8 Å². The van der Waals surface area contributed by atoms with Crippen LogP contribution in [0.3, 0.4) is 0 Å². The number of rotatable bonds is 4. The second kappa shape index (κ2) is 6.60. The van der Waals surface area contributed by atoms with E-state index in [2.05, 4.69) is 5.10 Å². The third-order valence-electron chi connectivity index (χ3n) is 3.06. The summed E-state index contributed by atoms with van der Waals surface area (Å²) in [4.78, 5) is 24.7. The minimum atomic E-state index is -0.869. The predicted molar refractivity (Wildman–Crippen MR) is 77.3 cm³/mol. The molecule has 1 amide bonds. The van der Waals surface area contributed by atoms with E-state index in [1.807, 2.05) is 13.2 Å². The van der Waals surface area contributed by atoms with E-state index in [0.29, 0.717) is 12.3 Å². The summed E-state index contributed by atoms with van der Waals surface area (Å²) in [5, 5.41) is 12.9. The van der Waals surface area contributed by atoms with Crippen LogP contribution < -0.4 is 0 Å². The standard InChI is InChI=1S/C13H17N3O3S/c1-15-8-10(7-14-15)2-3-12(17)16-4-5-20-9-11(16)6-13(18)19/h2-3,7-8,11H,4-6,9H2,1H3,(H,18,19)/b3-2-/t11-/m0/s1. The zero-order chi connectivity index (χ0) is 14.5. The lowest BCUT2D eigenvalue weighted by Crippen LogP contribution is -2.46. The molecule has 1 saturated heterocycles. The first-order chi connectivity index (χ1) is 9.56. The minimum absolute atomic E-state index is 0.000523. The Morgan fingerprint density at radius 2 is 2.40 bits per heavy atom. The number of carbonyl (C=O) groups is 2. The number of carbonyl (C=O) groups excluding carboxylic acids is 1. The lowest BCUT2D eigenvalue weighted by Gasteiger charge is -2.33. The highest BCUT2D eigenvalue weighted by atomic mass is 32.2. The van der Waals surface area contributed by atoms with Gasteiger partial charge in [-0.15, -0.1) is 0 Å². The van der Waals surface area contributed by atoms with Gasteiger partial charge in [-0.3, -0.25) is 14.3 Å². The van der Waals surface area contributed by atoms with Crippen LogP contribution in [0.5, 0.6) is 0 Å². The minimum Gasteiger partial charge on any atom is -0.481 e. The van der Waals surface area contributed by atoms with E-state index in [-0.39, 0.29) is 18.4 Å². The number of aromatic nitrogens is 2. The molecule has 20 heavy (non-hydrogen) atoms. The Hall–Kier alpha value is -1.76. The molecule has 0 bridgehead atoms. The molecule has 1 fully saturated rings. The van der Waals surface area contributed by atoms with Gasteiger partial charge in [-0.1, -0.05) is 0 Å². The van der Waals surface area contributed by atoms with E-state index < -0.39 is 5.97 Å². The van der Waals surface area contributed by atoms with Gasteiger partial charge < -0.3 is 10.0 Å². The Balaban J connectivity index is 2.02. The maximum atomic E-state index is 12.2. The van der Waals surface area contributed by atoms with E-state index >= 15 is 0 Å². The molecular weight excluding hydrogens is 278 g/mol. The molecule has 6 nitrogen and oxygen atoms in total. The molecule has 7 heteroatoms. The molecule has 0 saturated carbocycles. The lowest BCUT2D eigenvalue weighted by atomic mass is 10.2. The smallest absolute Gasteiger partial charge is 0.305 e. The van der Waals surface area contributed by atoms with Gasteiger partial charge in [-0.05, 0) is 6.08 Å². The predicted octanol–water partition coefficient (Wildman–Crippen LogP) is 0.852. The number of thioether (sulfide) groups is 1. The number of hydrogen-bond acceptors (Lipinski definition) is 4. The van der Waals surface area contributed by atoms with Crippen LogP contribution in [0.15, 0.2) is 18.5 Å². The normalized spacial score (nSPS) is 19.4. The van der Waals surface area contributed by atoms with Crippen LogP contribution in [0, 0.1) is 0 Å². The fourth-order valence-corrected chi connectivity index (χ4v) is 3.17. The van der Waals surface area contributed by atoms with Gasteiger partial charge in [0.05, 0.1) is 18.7 Å². The van der Waals surface area contributed by atoms with Crippen LogP contribution in [0.2, 0.25) is 0 Å². The topological polar surface area (TPSA) is 75.4 Å². The number of carboxylic acid groups (broad SMARTS) is 1. The highest BCUT2D eigenvalue weighted by molar-refractivity contribution is 7.99. The zero-order valence-corrected chi connectivity index (χ0v) is 12.0. The Morgan fingerprint density at radius 3 is 3.05 bits per heavy atom. The first-order valence-electron chi connectivity index (χ1n) is 6.33. The fourth-order valence-electron chi connectivity index (χ4n) is 2.11. The van der Waals surface area contributed by atoms with E-state index in [4.69, 9.17) is 5.11 Å². The van der Waals surface area contributed by atoms with Crippen molar-refractivity contribution in [2.45, 2.75) is 12.5 Å². The van der Waals surface area contributed by atoms with Gasteiger partial charge in [-0.25, -0.2) is 0 Å². The molecule has 0 aromatic carbocycles. The summed E-state index contributed by atoms with van der Waals surface area (Å²) in [6, 6.07) is -0.225. The first kappa shape index (κ1) is 14.6. The van der Waals surface area contributed by atoms with Crippen LogP contribution in [-0.2, 0) is 16.6 Å². The van der Waals surface area contributed by atoms with Crippen LogP contribution in [0.25, 0.3) is 6.08 Å². The molecular formula is C13H17N3O3S. The second-order valence-electron chi connectivity index (χ2n) is 4.64. The maximum Gasteiger partial charge on any atom is 0.305 e. The average molecular weight is 295 g/mol. The molecule has 2 heterocycles. The van der Waals surface area contributed by atoms with E-state index in [1.54, 1.807) is 33.6 Å². The summed E-state index contributed by atoms with van der Waals surface area (Å²) >= 11 is 1.69. The maximum absolute atomic E-state index is 12.2. The molecule has 108 valence electrons. The molecule has 1 aromatic heterocycles. The third-order valence-corrected chi connectivity index (χ3v) is 4.16. The highest BCUT2D eigenvalue weighted by Crippen LogP contribution is 2.19. The summed E-state index contributed by atoms with van der Waals surface area (Å²) in [5.41, 5.74) is 0.849. The van der Waals surface area contributed by atoms with Crippen LogP contribution >= 0.6 is 11.8 Å². The lowest BCUT2D eigenvalue weighted by molar-refractivity contribution is -0.139. The van der Waals surface area contributed by atoms with E-state index in [9.17, 15) is 9.59 Å². The van der Waals surface area contributed by atoms with E-state index in [0.717, 1.165) is 11.3 Å². The molecule has 1 aromatic rings. The Labute approximate surface area is 121 Å². The largest absolute Gasteiger partial charge is 0.481 e. The number of aliphatic carboxylic acids is 1. The van der Waals surface area contributed by atoms with Gasteiger partial charge in [0, 0.05) is 42.9 Å². The van der Waals surface area contributed by atoms with Crippen molar-refractivity contribution in [2.75, 3.05) is 18.1 Å². The van der Waals surface area contributed by atoms with Gasteiger partial charge in [0.1, 0.15) is 0 Å². The fraction of sp³-hybridized carbons (Fsp3) is 0.462. The average Bonchev–Trinajstić information content (AvgIpc) is 2.82. The molecule has 0 radical (unpaired) electrons. The number of amides is 1. The summed E-state index contributed by atoms with van der Waals surface area (Å²) in [7, 11) is 1.81. The molecule has 0 unspecified atom stereocenters. The SMILES string of the molecule is Cn1cc(/C=C\C(=O)N2CCSC[C@@H]2CC(=O)O)cn1. The molecule has 1 aliphatic rings. The van der Waals surface area contributed by atoms with Crippen LogP contribution in [0.4, 0.5) is 0 Å². The molecule has 0 aliphatic carbocycles. The number of nitrogens with zero attached hydrogens (tertiary/aromatic N) is 3. The summed E-state index contributed by atoms with van der Waals surface area (Å²) < 4.78 is 1.66. The number of carboxylic acids is 1.